The maximum Gasteiger partial charge on any atom is 0.218 e. The second-order valence-electron chi connectivity index (χ2n) is 17.9. The molecule has 0 saturated carbocycles. The molecule has 432 valence electrons. The number of hydrogen-bond donors (Lipinski definition) is 16. The van der Waals surface area contributed by atoms with E-state index in [4.69, 9.17) is 61.9 Å². The molecule has 74 heavy (non-hydrogen) atoms. The molecule has 0 aromatic carbocycles. The molecule has 0 aromatic heterocycles. The van der Waals surface area contributed by atoms with Crippen LogP contribution in [0.5, 0.6) is 0 Å². The van der Waals surface area contributed by atoms with Gasteiger partial charge in [0.1, 0.15) is 146 Å². The van der Waals surface area contributed by atoms with Crippen LogP contribution in [-0.4, -0.2) is 332 Å². The lowest BCUT2D eigenvalue weighted by atomic mass is 9.98. The minimum Gasteiger partial charge on any atom is -0.726 e. The smallest absolute Gasteiger partial charge is 0.218 e. The highest BCUT2D eigenvalue weighted by Crippen LogP contribution is 2.38. The van der Waals surface area contributed by atoms with Gasteiger partial charge in [-0.1, -0.05) is 0 Å². The van der Waals surface area contributed by atoms with Crippen molar-refractivity contribution in [2.24, 2.45) is 0 Å². The first-order valence-corrected chi connectivity index (χ1v) is 25.0. The van der Waals surface area contributed by atoms with Crippen LogP contribution in [0.4, 0.5) is 0 Å². The molecular formula is C36H58O36S2-2. The van der Waals surface area contributed by atoms with Gasteiger partial charge in [-0.25, -0.2) is 16.8 Å². The summed E-state index contributed by atoms with van der Waals surface area (Å²) in [5.74, 6) is 0. The topological polar surface area (TPSA) is 567 Å². The first kappa shape index (κ1) is 60.3. The zero-order chi connectivity index (χ0) is 54.5. The van der Waals surface area contributed by atoms with E-state index in [-0.39, 0.29) is 19.8 Å². The molecule has 0 spiro atoms. The Morgan fingerprint density at radius 1 is 0.365 bits per heavy atom. The standard InChI is InChI=1S/2C12H20O13S.C12H20O10/c2*13-1-3-8(25-26(18,19)20)5(14)6(15)12(23-3)24-9-4-2-21-10(9)7(16)11(17)22-4;13-1-3-5(14)6(15)7(16)12(21-3)22-9-4-2-19-10(9)8(17)11(18)20-4/h2*3-17H,1-2H2,(H,18,19,20);3-18H,1-2H2/p-2/t2*3?,4?,5-,6?,7?,8+,9+,10+,11+,12+;/m11./s1. The van der Waals surface area contributed by atoms with E-state index in [9.17, 15) is 103 Å². The minimum absolute atomic E-state index is 0.0155. The summed E-state index contributed by atoms with van der Waals surface area (Å²) < 4.78 is 136. The Labute approximate surface area is 416 Å². The number of aliphatic hydroxyl groups is 16. The molecule has 30 atom stereocenters. The molecule has 9 rings (SSSR count). The molecule has 36 nitrogen and oxygen atoms in total. The summed E-state index contributed by atoms with van der Waals surface area (Å²) >= 11 is 0. The van der Waals surface area contributed by atoms with E-state index in [1.165, 1.54) is 0 Å². The minimum atomic E-state index is -5.24. The summed E-state index contributed by atoms with van der Waals surface area (Å²) in [7, 11) is -10.5. The predicted molar refractivity (Wildman–Crippen MR) is 213 cm³/mol. The van der Waals surface area contributed by atoms with E-state index in [1.54, 1.807) is 0 Å². The Balaban J connectivity index is 0.000000163. The predicted octanol–water partition coefficient (Wildman–Crippen LogP) is -14.1. The fraction of sp³-hybridized carbons (Fsp3) is 1.00. The van der Waals surface area contributed by atoms with E-state index in [1.807, 2.05) is 0 Å². The van der Waals surface area contributed by atoms with Gasteiger partial charge in [-0.3, -0.25) is 8.37 Å². The Hall–Kier alpha value is -1.38. The van der Waals surface area contributed by atoms with E-state index < -0.39 is 225 Å². The second kappa shape index (κ2) is 24.5. The zero-order valence-corrected chi connectivity index (χ0v) is 39.3. The molecule has 0 aromatic rings. The van der Waals surface area contributed by atoms with Crippen molar-refractivity contribution in [2.45, 2.75) is 184 Å². The Bertz CT molecular complexity index is 1920. The molecule has 18 unspecified atom stereocenters. The quantitative estimate of drug-likeness (QED) is 0.0601. The number of fused-ring (bicyclic) bond motifs is 6. The summed E-state index contributed by atoms with van der Waals surface area (Å²) in [6.45, 7) is -2.22. The molecule has 0 aliphatic carbocycles. The van der Waals surface area contributed by atoms with Gasteiger partial charge < -0.3 is 148 Å². The van der Waals surface area contributed by atoms with Crippen LogP contribution in [0.15, 0.2) is 0 Å². The van der Waals surface area contributed by atoms with E-state index in [0.717, 1.165) is 0 Å². The van der Waals surface area contributed by atoms with E-state index >= 15 is 0 Å². The van der Waals surface area contributed by atoms with Crippen molar-refractivity contribution in [3.63, 3.8) is 0 Å². The molecule has 0 amide bonds. The van der Waals surface area contributed by atoms with Crippen LogP contribution in [0.25, 0.3) is 0 Å². The molecule has 9 heterocycles. The number of aliphatic hydroxyl groups excluding tert-OH is 16. The van der Waals surface area contributed by atoms with Crippen LogP contribution in [0.2, 0.25) is 0 Å². The molecule has 6 bridgehead atoms. The molecule has 38 heteroatoms. The van der Waals surface area contributed by atoms with Crippen LogP contribution in [0.3, 0.4) is 0 Å². The summed E-state index contributed by atoms with van der Waals surface area (Å²) in [4.78, 5) is 0. The normalized spacial score (nSPS) is 51.1. The van der Waals surface area contributed by atoms with Crippen molar-refractivity contribution >= 4 is 20.8 Å². The zero-order valence-electron chi connectivity index (χ0n) is 37.7. The van der Waals surface area contributed by atoms with Crippen molar-refractivity contribution in [1.82, 2.24) is 0 Å². The summed E-state index contributed by atoms with van der Waals surface area (Å²) in [6, 6.07) is 0. The van der Waals surface area contributed by atoms with Crippen molar-refractivity contribution in [1.29, 1.82) is 0 Å². The van der Waals surface area contributed by atoms with Crippen molar-refractivity contribution < 1.29 is 173 Å². The SMILES string of the molecule is O=S(=O)([O-])O[C@H]1C(CO)O[C@@H](O[C@H]2C3CO[C@H]2C(O)[C@@H](O)O3)C(O)[C@H]1O.O=S(=O)([O-])O[C@H]1C(CO)O[C@@H](O[C@H]2C3CO[C@H]2C(O)[C@@H](O)O3)C(O)[C@H]1O.OCC1OC(OC2C3COC2C(O)C(O)O3)C(O)C(O)C1O. The van der Waals surface area contributed by atoms with Gasteiger partial charge in [-0.2, -0.15) is 0 Å². The monoisotopic (exact) mass is 1130 g/mol. The summed E-state index contributed by atoms with van der Waals surface area (Å²) in [5.41, 5.74) is 0. The van der Waals surface area contributed by atoms with Crippen LogP contribution in [0.1, 0.15) is 0 Å². The van der Waals surface area contributed by atoms with Gasteiger partial charge >= 0.3 is 0 Å². The van der Waals surface area contributed by atoms with Crippen molar-refractivity contribution in [2.75, 3.05) is 39.6 Å². The lowest BCUT2D eigenvalue weighted by molar-refractivity contribution is -0.336. The second-order valence-corrected chi connectivity index (χ2v) is 19.9. The van der Waals surface area contributed by atoms with Crippen molar-refractivity contribution in [3.05, 3.63) is 0 Å². The molecular weight excluding hydrogens is 1070 g/mol. The van der Waals surface area contributed by atoms with E-state index in [0.29, 0.717) is 0 Å². The third-order valence-corrected chi connectivity index (χ3v) is 14.0. The van der Waals surface area contributed by atoms with Gasteiger partial charge in [0.05, 0.1) is 39.6 Å². The maximum absolute atomic E-state index is 10.7. The Morgan fingerprint density at radius 2 is 0.649 bits per heavy atom. The largest absolute Gasteiger partial charge is 0.726 e. The third-order valence-electron chi connectivity index (χ3n) is 13.1. The average molecular weight is 1130 g/mol. The fourth-order valence-electron chi connectivity index (χ4n) is 9.30. The number of ether oxygens (including phenoxy) is 12. The fourth-order valence-corrected chi connectivity index (χ4v) is 10.3. The van der Waals surface area contributed by atoms with Crippen molar-refractivity contribution in [3.8, 4) is 0 Å². The Morgan fingerprint density at radius 3 is 0.932 bits per heavy atom. The van der Waals surface area contributed by atoms with Crippen LogP contribution in [0, 0.1) is 0 Å². The van der Waals surface area contributed by atoms with Gasteiger partial charge in [-0.15, -0.1) is 0 Å². The van der Waals surface area contributed by atoms with Crippen LogP contribution in [-0.2, 0) is 86.0 Å². The highest BCUT2D eigenvalue weighted by atomic mass is 32.3. The lowest BCUT2D eigenvalue weighted by Crippen LogP contribution is -2.63. The lowest BCUT2D eigenvalue weighted by Gasteiger charge is -2.44. The maximum atomic E-state index is 10.7. The molecule has 0 radical (unpaired) electrons. The average Bonchev–Trinajstić information content (AvgIpc) is 3.96. The summed E-state index contributed by atoms with van der Waals surface area (Å²) in [5, 5.41) is 155. The molecule has 9 aliphatic rings. The third kappa shape index (κ3) is 13.1. The molecule has 9 fully saturated rings. The molecule has 9 aliphatic heterocycles. The van der Waals surface area contributed by atoms with Crippen LogP contribution < -0.4 is 0 Å². The highest BCUT2D eigenvalue weighted by molar-refractivity contribution is 7.81. The first-order valence-electron chi connectivity index (χ1n) is 22.4. The number of rotatable bonds is 13. The summed E-state index contributed by atoms with van der Waals surface area (Å²) in [6.07, 6.45) is -41.0. The van der Waals surface area contributed by atoms with E-state index in [2.05, 4.69) is 8.37 Å². The van der Waals surface area contributed by atoms with Gasteiger partial charge in [0.25, 0.3) is 0 Å². The number of hydrogen-bond acceptors (Lipinski definition) is 36. The molecule has 9 saturated heterocycles. The van der Waals surface area contributed by atoms with Gasteiger partial charge in [0.2, 0.25) is 20.8 Å². The van der Waals surface area contributed by atoms with Gasteiger partial charge in [0.15, 0.2) is 37.7 Å². The van der Waals surface area contributed by atoms with Crippen LogP contribution >= 0.6 is 0 Å². The first-order chi connectivity index (χ1) is 34.7. The Kier molecular flexibility index (Phi) is 20.0. The highest BCUT2D eigenvalue weighted by Gasteiger charge is 2.58. The van der Waals surface area contributed by atoms with Gasteiger partial charge in [-0.05, 0) is 0 Å². The molecule has 16 N–H and O–H groups in total. The van der Waals surface area contributed by atoms with Gasteiger partial charge in [0, 0.05) is 0 Å².